The number of hydrogen-bond acceptors (Lipinski definition) is 5. The van der Waals surface area contributed by atoms with E-state index in [0.717, 1.165) is 36.5 Å². The van der Waals surface area contributed by atoms with Crippen molar-refractivity contribution in [3.63, 3.8) is 0 Å². The predicted molar refractivity (Wildman–Crippen MR) is 127 cm³/mol. The van der Waals surface area contributed by atoms with Crippen LogP contribution in [0.2, 0.25) is 0 Å². The van der Waals surface area contributed by atoms with Gasteiger partial charge in [-0.2, -0.15) is 0 Å². The number of methoxy groups -OCH3 is 1. The Morgan fingerprint density at radius 1 is 1.15 bits per heavy atom. The molecular weight excluding hydrogens is 416 g/mol. The van der Waals surface area contributed by atoms with Crippen LogP contribution in [0.4, 0.5) is 0 Å². The maximum atomic E-state index is 13.3. The summed E-state index contributed by atoms with van der Waals surface area (Å²) in [4.78, 5) is 33.0. The molecule has 1 atom stereocenters. The van der Waals surface area contributed by atoms with E-state index >= 15 is 0 Å². The van der Waals surface area contributed by atoms with Gasteiger partial charge in [0.15, 0.2) is 0 Å². The summed E-state index contributed by atoms with van der Waals surface area (Å²) >= 11 is 0. The fourth-order valence-electron chi connectivity index (χ4n) is 4.26. The van der Waals surface area contributed by atoms with Crippen LogP contribution >= 0.6 is 0 Å². The first-order valence-corrected chi connectivity index (χ1v) is 11.2. The molecule has 1 N–H and O–H groups in total. The summed E-state index contributed by atoms with van der Waals surface area (Å²) in [5, 5.41) is 2.98. The van der Waals surface area contributed by atoms with Crippen LogP contribution in [-0.4, -0.2) is 34.0 Å². The summed E-state index contributed by atoms with van der Waals surface area (Å²) in [5.74, 6) is 1.12. The smallest absolute Gasteiger partial charge is 0.258 e. The van der Waals surface area contributed by atoms with Gasteiger partial charge in [0.1, 0.15) is 18.1 Å². The van der Waals surface area contributed by atoms with Gasteiger partial charge in [-0.3, -0.25) is 19.1 Å². The van der Waals surface area contributed by atoms with E-state index in [1.807, 2.05) is 49.4 Å². The molecule has 0 saturated carbocycles. The number of hydrogen-bond donors (Lipinski definition) is 1. The largest absolute Gasteiger partial charge is 0.497 e. The molecule has 0 aliphatic carbocycles. The van der Waals surface area contributed by atoms with Crippen LogP contribution in [0, 0.1) is 6.92 Å². The summed E-state index contributed by atoms with van der Waals surface area (Å²) in [7, 11) is 1.62. The second kappa shape index (κ2) is 10.0. The number of ether oxygens (including phenoxy) is 1. The number of amides is 1. The highest BCUT2D eigenvalue weighted by Crippen LogP contribution is 2.18. The van der Waals surface area contributed by atoms with E-state index < -0.39 is 0 Å². The highest BCUT2D eigenvalue weighted by atomic mass is 16.5. The lowest BCUT2D eigenvalue weighted by molar-refractivity contribution is -0.122. The molecule has 7 nitrogen and oxygen atoms in total. The van der Waals surface area contributed by atoms with Gasteiger partial charge in [0, 0.05) is 26.1 Å². The molecule has 2 aromatic carbocycles. The number of nitrogens with one attached hydrogen (secondary N) is 1. The average Bonchev–Trinajstić information content (AvgIpc) is 2.83. The van der Waals surface area contributed by atoms with Crippen molar-refractivity contribution in [1.82, 2.24) is 19.8 Å². The summed E-state index contributed by atoms with van der Waals surface area (Å²) in [6.07, 6.45) is 0.736. The van der Waals surface area contributed by atoms with Gasteiger partial charge in [0.05, 0.1) is 24.4 Å². The fraction of sp³-hybridized carbons (Fsp3) is 0.346. The average molecular weight is 447 g/mol. The van der Waals surface area contributed by atoms with Crippen LogP contribution < -0.4 is 15.6 Å². The number of aromatic nitrogens is 2. The molecule has 2 heterocycles. The molecule has 33 heavy (non-hydrogen) atoms. The van der Waals surface area contributed by atoms with Crippen LogP contribution in [0.15, 0.2) is 59.4 Å². The molecule has 172 valence electrons. The molecule has 3 aromatic rings. The predicted octanol–water partition coefficient (Wildman–Crippen LogP) is 3.00. The van der Waals surface area contributed by atoms with Crippen LogP contribution in [0.3, 0.4) is 0 Å². The molecule has 7 heteroatoms. The van der Waals surface area contributed by atoms with Gasteiger partial charge in [-0.25, -0.2) is 4.98 Å². The first-order valence-electron chi connectivity index (χ1n) is 11.2. The molecule has 4 rings (SSSR count). The summed E-state index contributed by atoms with van der Waals surface area (Å²) < 4.78 is 6.67. The number of rotatable bonds is 7. The molecule has 1 aromatic heterocycles. The lowest BCUT2D eigenvalue weighted by Gasteiger charge is -2.28. The van der Waals surface area contributed by atoms with Crippen molar-refractivity contribution in [2.45, 2.75) is 45.9 Å². The molecule has 0 spiro atoms. The lowest BCUT2D eigenvalue weighted by atomic mass is 10.1. The molecule has 0 bridgehead atoms. The van der Waals surface area contributed by atoms with E-state index in [1.54, 1.807) is 14.0 Å². The topological polar surface area (TPSA) is 76.5 Å². The molecule has 1 amide bonds. The Balaban J connectivity index is 1.46. The Bertz CT molecular complexity index is 1170. The molecule has 0 radical (unpaired) electrons. The van der Waals surface area contributed by atoms with Gasteiger partial charge in [0.2, 0.25) is 5.91 Å². The van der Waals surface area contributed by atoms with Gasteiger partial charge in [-0.05, 0) is 37.1 Å². The Morgan fingerprint density at radius 3 is 2.58 bits per heavy atom. The molecule has 0 saturated heterocycles. The summed E-state index contributed by atoms with van der Waals surface area (Å²) in [6.45, 7) is 5.84. The quantitative estimate of drug-likeness (QED) is 0.604. The number of fused-ring (bicyclic) bond motifs is 1. The van der Waals surface area contributed by atoms with Gasteiger partial charge < -0.3 is 10.1 Å². The van der Waals surface area contributed by atoms with Crippen molar-refractivity contribution >= 4 is 5.91 Å². The minimum absolute atomic E-state index is 0.0515. The van der Waals surface area contributed by atoms with Crippen molar-refractivity contribution in [3.8, 4) is 5.75 Å². The van der Waals surface area contributed by atoms with E-state index in [0.29, 0.717) is 17.9 Å². The van der Waals surface area contributed by atoms with E-state index in [4.69, 9.17) is 4.74 Å². The summed E-state index contributed by atoms with van der Waals surface area (Å²) in [6, 6.07) is 17.6. The SMILES string of the molecule is COc1ccc(C(C)NC(=O)Cn2c(C)nc3c(c2=O)CN(Cc2ccccc2)CC3)cc1. The van der Waals surface area contributed by atoms with Gasteiger partial charge >= 0.3 is 0 Å². The van der Waals surface area contributed by atoms with Crippen molar-refractivity contribution in [2.24, 2.45) is 0 Å². The zero-order valence-electron chi connectivity index (χ0n) is 19.4. The zero-order chi connectivity index (χ0) is 23.4. The third kappa shape index (κ3) is 5.31. The highest BCUT2D eigenvalue weighted by molar-refractivity contribution is 5.76. The zero-order valence-corrected chi connectivity index (χ0v) is 19.4. The first-order chi connectivity index (χ1) is 15.9. The number of benzene rings is 2. The van der Waals surface area contributed by atoms with E-state index in [1.165, 1.54) is 10.1 Å². The standard InChI is InChI=1S/C26H30N4O3/c1-18(21-9-11-22(33-3)12-10-21)27-25(31)17-30-19(2)28-24-13-14-29(16-23(24)26(30)32)15-20-7-5-4-6-8-20/h4-12,18H,13-17H2,1-3H3,(H,27,31). The molecule has 1 unspecified atom stereocenters. The van der Waals surface area contributed by atoms with Crippen LogP contribution in [-0.2, 0) is 30.8 Å². The van der Waals surface area contributed by atoms with E-state index in [9.17, 15) is 9.59 Å². The molecule has 1 aliphatic heterocycles. The number of nitrogens with zero attached hydrogens (tertiary/aromatic N) is 3. The summed E-state index contributed by atoms with van der Waals surface area (Å²) in [5.41, 5.74) is 3.60. The number of carbonyl (C=O) groups is 1. The maximum absolute atomic E-state index is 13.3. The Labute approximate surface area is 194 Å². The van der Waals surface area contributed by atoms with Gasteiger partial charge in [-0.1, -0.05) is 42.5 Å². The lowest BCUT2D eigenvalue weighted by Crippen LogP contribution is -2.41. The first kappa shape index (κ1) is 22.7. The molecule has 1 aliphatic rings. The normalized spacial score (nSPS) is 14.4. The van der Waals surface area contributed by atoms with Crippen LogP contribution in [0.5, 0.6) is 5.75 Å². The fourth-order valence-corrected chi connectivity index (χ4v) is 4.26. The minimum atomic E-state index is -0.220. The van der Waals surface area contributed by atoms with Gasteiger partial charge in [0.25, 0.3) is 5.56 Å². The third-order valence-corrected chi connectivity index (χ3v) is 6.13. The number of carbonyl (C=O) groups excluding carboxylic acids is 1. The Kier molecular flexibility index (Phi) is 6.89. The van der Waals surface area contributed by atoms with E-state index in [-0.39, 0.29) is 24.1 Å². The second-order valence-corrected chi connectivity index (χ2v) is 8.48. The van der Waals surface area contributed by atoms with E-state index in [2.05, 4.69) is 27.3 Å². The third-order valence-electron chi connectivity index (χ3n) is 6.13. The second-order valence-electron chi connectivity index (χ2n) is 8.48. The van der Waals surface area contributed by atoms with Gasteiger partial charge in [-0.15, -0.1) is 0 Å². The Hall–Kier alpha value is -3.45. The van der Waals surface area contributed by atoms with Crippen molar-refractivity contribution in [2.75, 3.05) is 13.7 Å². The molecular formula is C26H30N4O3. The highest BCUT2D eigenvalue weighted by Gasteiger charge is 2.23. The Morgan fingerprint density at radius 2 is 1.88 bits per heavy atom. The monoisotopic (exact) mass is 446 g/mol. The maximum Gasteiger partial charge on any atom is 0.258 e. The van der Waals surface area contributed by atoms with Crippen LogP contribution in [0.25, 0.3) is 0 Å². The van der Waals surface area contributed by atoms with Crippen molar-refractivity contribution in [3.05, 3.63) is 93.2 Å². The van der Waals surface area contributed by atoms with Crippen molar-refractivity contribution in [1.29, 1.82) is 0 Å². The van der Waals surface area contributed by atoms with Crippen molar-refractivity contribution < 1.29 is 9.53 Å². The number of aryl methyl sites for hydroxylation is 1. The minimum Gasteiger partial charge on any atom is -0.497 e. The molecule has 0 fully saturated rings. The van der Waals surface area contributed by atoms with Crippen LogP contribution in [0.1, 0.15) is 41.2 Å².